The third-order valence-electron chi connectivity index (χ3n) is 4.68. The molecule has 24 heavy (non-hydrogen) atoms. The Morgan fingerprint density at radius 3 is 2.58 bits per heavy atom. The summed E-state index contributed by atoms with van der Waals surface area (Å²) in [4.78, 5) is 28.6. The first-order chi connectivity index (χ1) is 11.4. The van der Waals surface area contributed by atoms with Crippen LogP contribution in [0.5, 0.6) is 0 Å². The van der Waals surface area contributed by atoms with Crippen molar-refractivity contribution in [2.75, 3.05) is 19.6 Å². The van der Waals surface area contributed by atoms with Gasteiger partial charge in [0.1, 0.15) is 0 Å². The van der Waals surface area contributed by atoms with Gasteiger partial charge in [-0.3, -0.25) is 9.59 Å². The Bertz CT molecular complexity index is 571. The second kappa shape index (κ2) is 8.52. The number of amides is 2. The molecule has 1 aliphatic rings. The van der Waals surface area contributed by atoms with Crippen molar-refractivity contribution in [2.24, 2.45) is 5.92 Å². The molecule has 2 amide bonds. The van der Waals surface area contributed by atoms with E-state index in [2.05, 4.69) is 0 Å². The van der Waals surface area contributed by atoms with Crippen LogP contribution in [0.15, 0.2) is 24.3 Å². The molecule has 1 aromatic carbocycles. The van der Waals surface area contributed by atoms with Crippen LogP contribution in [0, 0.1) is 5.92 Å². The largest absolute Gasteiger partial charge is 0.342 e. The summed E-state index contributed by atoms with van der Waals surface area (Å²) < 4.78 is 0. The fourth-order valence-electron chi connectivity index (χ4n) is 3.26. The summed E-state index contributed by atoms with van der Waals surface area (Å²) in [5.74, 6) is 0.257. The molecule has 1 heterocycles. The highest BCUT2D eigenvalue weighted by Gasteiger charge is 2.32. The van der Waals surface area contributed by atoms with E-state index in [-0.39, 0.29) is 23.8 Å². The van der Waals surface area contributed by atoms with Gasteiger partial charge < -0.3 is 9.80 Å². The van der Waals surface area contributed by atoms with Crippen LogP contribution >= 0.6 is 11.6 Å². The van der Waals surface area contributed by atoms with Crippen molar-refractivity contribution in [3.05, 3.63) is 34.9 Å². The van der Waals surface area contributed by atoms with E-state index in [1.54, 1.807) is 0 Å². The van der Waals surface area contributed by atoms with Crippen molar-refractivity contribution >= 4 is 23.4 Å². The molecule has 1 fully saturated rings. The van der Waals surface area contributed by atoms with Crippen molar-refractivity contribution in [3.63, 3.8) is 0 Å². The van der Waals surface area contributed by atoms with Gasteiger partial charge in [0.05, 0.1) is 5.92 Å². The molecular formula is C19H27ClN2O2. The van der Waals surface area contributed by atoms with E-state index in [1.165, 1.54) is 0 Å². The van der Waals surface area contributed by atoms with Gasteiger partial charge in [-0.1, -0.05) is 23.7 Å². The summed E-state index contributed by atoms with van der Waals surface area (Å²) >= 11 is 5.90. The molecule has 0 unspecified atom stereocenters. The molecule has 5 heteroatoms. The SMILES string of the molecule is CCN(C(=O)[C@@H]1CCC(=O)N(CCc2ccc(Cl)cc2)C1)C(C)C. The number of likely N-dealkylation sites (tertiary alicyclic amines) is 1. The first-order valence-electron chi connectivity index (χ1n) is 8.75. The van der Waals surface area contributed by atoms with E-state index >= 15 is 0 Å². The molecule has 0 saturated carbocycles. The molecular weight excluding hydrogens is 324 g/mol. The highest BCUT2D eigenvalue weighted by molar-refractivity contribution is 6.30. The van der Waals surface area contributed by atoms with Crippen molar-refractivity contribution in [1.29, 1.82) is 0 Å². The van der Waals surface area contributed by atoms with Crippen LogP contribution in [-0.2, 0) is 16.0 Å². The maximum Gasteiger partial charge on any atom is 0.227 e. The van der Waals surface area contributed by atoms with Gasteiger partial charge in [0.2, 0.25) is 11.8 Å². The van der Waals surface area contributed by atoms with E-state index in [1.807, 2.05) is 54.8 Å². The van der Waals surface area contributed by atoms with Crippen molar-refractivity contribution in [1.82, 2.24) is 9.80 Å². The number of hydrogen-bond acceptors (Lipinski definition) is 2. The van der Waals surface area contributed by atoms with Crippen LogP contribution in [0.3, 0.4) is 0 Å². The Hall–Kier alpha value is -1.55. The Morgan fingerprint density at radius 2 is 2.00 bits per heavy atom. The Balaban J connectivity index is 1.96. The molecule has 1 atom stereocenters. The van der Waals surface area contributed by atoms with Crippen molar-refractivity contribution in [2.45, 2.75) is 46.1 Å². The van der Waals surface area contributed by atoms with E-state index in [0.29, 0.717) is 37.5 Å². The molecule has 0 N–H and O–H groups in total. The standard InChI is InChI=1S/C19H27ClN2O2/c1-4-22(14(2)3)19(24)16-7-10-18(23)21(13-16)12-11-15-5-8-17(20)9-6-15/h5-6,8-9,14,16H,4,7,10-13H2,1-3H3/t16-/m1/s1. The summed E-state index contributed by atoms with van der Waals surface area (Å²) in [6.45, 7) is 7.98. The summed E-state index contributed by atoms with van der Waals surface area (Å²) in [7, 11) is 0. The van der Waals surface area contributed by atoms with Crippen LogP contribution < -0.4 is 0 Å². The zero-order valence-electron chi connectivity index (χ0n) is 14.8. The highest BCUT2D eigenvalue weighted by atomic mass is 35.5. The number of nitrogens with zero attached hydrogens (tertiary/aromatic N) is 2. The van der Waals surface area contributed by atoms with E-state index in [4.69, 9.17) is 11.6 Å². The number of halogens is 1. The molecule has 2 rings (SSSR count). The average Bonchev–Trinajstić information content (AvgIpc) is 2.55. The molecule has 0 aromatic heterocycles. The van der Waals surface area contributed by atoms with Gasteiger partial charge in [-0.25, -0.2) is 0 Å². The molecule has 0 spiro atoms. The molecule has 1 aliphatic heterocycles. The zero-order valence-corrected chi connectivity index (χ0v) is 15.6. The van der Waals surface area contributed by atoms with Gasteiger partial charge in [0, 0.05) is 37.1 Å². The third-order valence-corrected chi connectivity index (χ3v) is 4.93. The molecule has 0 bridgehead atoms. The lowest BCUT2D eigenvalue weighted by atomic mass is 9.95. The second-order valence-electron chi connectivity index (χ2n) is 6.67. The van der Waals surface area contributed by atoms with Crippen LogP contribution in [0.1, 0.15) is 39.2 Å². The van der Waals surface area contributed by atoms with Crippen LogP contribution in [-0.4, -0.2) is 47.3 Å². The van der Waals surface area contributed by atoms with Gasteiger partial charge in [0.15, 0.2) is 0 Å². The van der Waals surface area contributed by atoms with E-state index < -0.39 is 0 Å². The molecule has 0 aliphatic carbocycles. The molecule has 132 valence electrons. The third kappa shape index (κ3) is 4.73. The summed E-state index contributed by atoms with van der Waals surface area (Å²) in [6.07, 6.45) is 1.91. The highest BCUT2D eigenvalue weighted by Crippen LogP contribution is 2.21. The molecule has 0 radical (unpaired) electrons. The monoisotopic (exact) mass is 350 g/mol. The lowest BCUT2D eigenvalue weighted by Gasteiger charge is -2.36. The molecule has 1 saturated heterocycles. The quantitative estimate of drug-likeness (QED) is 0.789. The lowest BCUT2D eigenvalue weighted by molar-refractivity contribution is -0.144. The summed E-state index contributed by atoms with van der Waals surface area (Å²) in [5.41, 5.74) is 1.15. The van der Waals surface area contributed by atoms with Gasteiger partial charge in [0.25, 0.3) is 0 Å². The smallest absolute Gasteiger partial charge is 0.227 e. The maximum atomic E-state index is 12.7. The predicted molar refractivity (Wildman–Crippen MR) is 97.0 cm³/mol. The van der Waals surface area contributed by atoms with E-state index in [0.717, 1.165) is 12.0 Å². The number of carbonyl (C=O) groups is 2. The summed E-state index contributed by atoms with van der Waals surface area (Å²) in [6, 6.07) is 7.89. The molecule has 4 nitrogen and oxygen atoms in total. The van der Waals surface area contributed by atoms with Crippen molar-refractivity contribution in [3.8, 4) is 0 Å². The number of carbonyl (C=O) groups excluding carboxylic acids is 2. The molecule has 1 aromatic rings. The minimum absolute atomic E-state index is 0.0738. The zero-order chi connectivity index (χ0) is 17.7. The number of benzene rings is 1. The minimum Gasteiger partial charge on any atom is -0.342 e. The minimum atomic E-state index is -0.0738. The Morgan fingerprint density at radius 1 is 1.33 bits per heavy atom. The summed E-state index contributed by atoms with van der Waals surface area (Å²) in [5, 5.41) is 0.715. The van der Waals surface area contributed by atoms with Gasteiger partial charge in [-0.05, 0) is 51.3 Å². The second-order valence-corrected chi connectivity index (χ2v) is 7.11. The lowest BCUT2D eigenvalue weighted by Crippen LogP contribution is -2.49. The maximum absolute atomic E-state index is 12.7. The number of rotatable bonds is 6. The van der Waals surface area contributed by atoms with Crippen LogP contribution in [0.2, 0.25) is 5.02 Å². The first kappa shape index (κ1) is 18.8. The Kier molecular flexibility index (Phi) is 6.67. The van der Waals surface area contributed by atoms with Crippen molar-refractivity contribution < 1.29 is 9.59 Å². The number of piperidine rings is 1. The Labute approximate surface area is 149 Å². The number of hydrogen-bond donors (Lipinski definition) is 0. The van der Waals surface area contributed by atoms with Gasteiger partial charge in [-0.2, -0.15) is 0 Å². The van der Waals surface area contributed by atoms with Crippen LogP contribution in [0.4, 0.5) is 0 Å². The van der Waals surface area contributed by atoms with Gasteiger partial charge >= 0.3 is 0 Å². The fourth-order valence-corrected chi connectivity index (χ4v) is 3.38. The fraction of sp³-hybridized carbons (Fsp3) is 0.579. The predicted octanol–water partition coefficient (Wildman–Crippen LogP) is 3.38. The first-order valence-corrected chi connectivity index (χ1v) is 9.12. The van der Waals surface area contributed by atoms with E-state index in [9.17, 15) is 9.59 Å². The normalized spacial score (nSPS) is 18.1. The topological polar surface area (TPSA) is 40.6 Å². The average molecular weight is 351 g/mol. The van der Waals surface area contributed by atoms with Crippen LogP contribution in [0.25, 0.3) is 0 Å². The van der Waals surface area contributed by atoms with Gasteiger partial charge in [-0.15, -0.1) is 0 Å².